The van der Waals surface area contributed by atoms with Crippen molar-refractivity contribution in [3.8, 4) is 22.8 Å². The summed E-state index contributed by atoms with van der Waals surface area (Å²) in [5, 5.41) is 0. The highest BCUT2D eigenvalue weighted by Crippen LogP contribution is 2.56. The largest absolute Gasteiger partial charge is 0.497 e. The summed E-state index contributed by atoms with van der Waals surface area (Å²) in [6, 6.07) is 8.01. The second-order valence-corrected chi connectivity index (χ2v) is 12.1. The van der Waals surface area contributed by atoms with E-state index in [9.17, 15) is 4.79 Å². The first-order valence-corrected chi connectivity index (χ1v) is 13.8. The minimum absolute atomic E-state index is 0.0560. The number of methoxy groups -OCH3 is 2. The first-order chi connectivity index (χ1) is 17.0. The van der Waals surface area contributed by atoms with Gasteiger partial charge >= 0.3 is 0 Å². The quantitative estimate of drug-likeness (QED) is 0.325. The van der Waals surface area contributed by atoms with Gasteiger partial charge in [-0.1, -0.05) is 30.9 Å². The van der Waals surface area contributed by atoms with Crippen LogP contribution in [0.5, 0.6) is 11.5 Å². The average molecular weight is 510 g/mol. The van der Waals surface area contributed by atoms with Crippen LogP contribution in [0.15, 0.2) is 33.6 Å². The molecule has 4 saturated carbocycles. The van der Waals surface area contributed by atoms with Crippen LogP contribution in [0.4, 0.5) is 0 Å². The van der Waals surface area contributed by atoms with Crippen molar-refractivity contribution >= 4 is 40.3 Å². The van der Waals surface area contributed by atoms with Crippen LogP contribution in [0.3, 0.4) is 0 Å². The molecule has 0 spiro atoms. The van der Waals surface area contributed by atoms with Crippen molar-refractivity contribution in [1.29, 1.82) is 0 Å². The summed E-state index contributed by atoms with van der Waals surface area (Å²) in [6.07, 6.45) is 9.15. The minimum Gasteiger partial charge on any atom is -0.497 e. The predicted molar refractivity (Wildman–Crippen MR) is 142 cm³/mol. The van der Waals surface area contributed by atoms with Crippen LogP contribution in [0.2, 0.25) is 0 Å². The number of ether oxygens (including phenoxy) is 2. The van der Waals surface area contributed by atoms with Crippen LogP contribution in [-0.2, 0) is 11.2 Å². The summed E-state index contributed by atoms with van der Waals surface area (Å²) in [5.41, 5.74) is 1.93. The first kappa shape index (κ1) is 23.2. The third kappa shape index (κ3) is 4.01. The third-order valence-corrected chi connectivity index (χ3v) is 9.75. The zero-order chi connectivity index (χ0) is 24.3. The highest BCUT2D eigenvalue weighted by Gasteiger charge is 2.53. The molecule has 5 aliphatic rings. The highest BCUT2D eigenvalue weighted by molar-refractivity contribution is 8.26. The number of thiocarbonyl (C=S) groups is 1. The number of hydrogen-bond acceptors (Lipinski definition) is 6. The monoisotopic (exact) mass is 509 g/mol. The van der Waals surface area contributed by atoms with Gasteiger partial charge in [-0.05, 0) is 86.0 Å². The molecular formula is C28H31NO4S2. The molecule has 0 N–H and O–H groups in total. The van der Waals surface area contributed by atoms with Gasteiger partial charge in [0, 0.05) is 23.7 Å². The number of thioether (sulfide) groups is 1. The van der Waals surface area contributed by atoms with Crippen LogP contribution in [0.25, 0.3) is 17.4 Å². The Labute approximate surface area is 216 Å². The van der Waals surface area contributed by atoms with Crippen LogP contribution < -0.4 is 9.47 Å². The number of aryl methyl sites for hydroxylation is 1. The van der Waals surface area contributed by atoms with Crippen molar-refractivity contribution in [2.75, 3.05) is 14.2 Å². The third-order valence-electron chi connectivity index (χ3n) is 8.42. The first-order valence-electron chi connectivity index (χ1n) is 12.6. The van der Waals surface area contributed by atoms with Crippen LogP contribution >= 0.6 is 24.0 Å². The predicted octanol–water partition coefficient (Wildman–Crippen LogP) is 6.55. The van der Waals surface area contributed by atoms with E-state index in [0.29, 0.717) is 32.6 Å². The van der Waals surface area contributed by atoms with Gasteiger partial charge in [0.2, 0.25) is 0 Å². The maximum Gasteiger partial charge on any atom is 0.266 e. The van der Waals surface area contributed by atoms with E-state index in [0.717, 1.165) is 40.9 Å². The molecule has 0 atom stereocenters. The number of hydrogen-bond donors (Lipinski definition) is 0. The Morgan fingerprint density at radius 1 is 1.03 bits per heavy atom. The van der Waals surface area contributed by atoms with Crippen molar-refractivity contribution in [2.24, 2.45) is 23.7 Å². The molecule has 1 aliphatic heterocycles. The van der Waals surface area contributed by atoms with Crippen molar-refractivity contribution in [2.45, 2.75) is 51.5 Å². The molecule has 7 rings (SSSR count). The molecule has 4 bridgehead atoms. The molecule has 5 fully saturated rings. The Hall–Kier alpha value is -2.25. The number of benzene rings is 1. The number of amides is 1. The van der Waals surface area contributed by atoms with Gasteiger partial charge in [-0.3, -0.25) is 9.69 Å². The molecule has 1 amide bonds. The molecule has 2 aromatic rings. The lowest BCUT2D eigenvalue weighted by atomic mass is 9.54. The van der Waals surface area contributed by atoms with Gasteiger partial charge in [-0.25, -0.2) is 0 Å². The SMILES string of the molecule is CCc1cc(-c2cc(OC)cc(OC)c2)oc1C=C1SC(=S)N(C2C3CC4CC(C3)CC2C4)C1=O. The van der Waals surface area contributed by atoms with Gasteiger partial charge in [0.15, 0.2) is 0 Å². The van der Waals surface area contributed by atoms with Gasteiger partial charge in [-0.2, -0.15) is 0 Å². The molecule has 0 radical (unpaired) electrons. The lowest BCUT2D eigenvalue weighted by Crippen LogP contribution is -2.57. The van der Waals surface area contributed by atoms with Crippen molar-refractivity contribution in [1.82, 2.24) is 4.90 Å². The van der Waals surface area contributed by atoms with E-state index in [2.05, 4.69) is 6.92 Å². The Bertz CT molecular complexity index is 1170. The van der Waals surface area contributed by atoms with Gasteiger partial charge in [0.05, 0.1) is 19.1 Å². The Morgan fingerprint density at radius 2 is 1.66 bits per heavy atom. The Kier molecular flexibility index (Phi) is 5.96. The number of carbonyl (C=O) groups excluding carboxylic acids is 1. The summed E-state index contributed by atoms with van der Waals surface area (Å²) in [6.45, 7) is 2.10. The Morgan fingerprint density at radius 3 is 2.23 bits per heavy atom. The van der Waals surface area contributed by atoms with E-state index in [4.69, 9.17) is 26.1 Å². The number of rotatable bonds is 6. The molecule has 0 unspecified atom stereocenters. The normalized spacial score (nSPS) is 30.5. The van der Waals surface area contributed by atoms with E-state index in [1.165, 1.54) is 43.9 Å². The van der Waals surface area contributed by atoms with E-state index in [-0.39, 0.29) is 11.9 Å². The van der Waals surface area contributed by atoms with E-state index in [1.807, 2.05) is 35.2 Å². The molecule has 1 saturated heterocycles. The van der Waals surface area contributed by atoms with Gasteiger partial charge in [0.1, 0.15) is 27.3 Å². The summed E-state index contributed by atoms with van der Waals surface area (Å²) in [5.74, 6) is 5.85. The molecular weight excluding hydrogens is 478 g/mol. The van der Waals surface area contributed by atoms with Gasteiger partial charge in [0.25, 0.3) is 5.91 Å². The molecule has 1 aromatic carbocycles. The summed E-state index contributed by atoms with van der Waals surface area (Å²) in [4.78, 5) is 16.3. The molecule has 5 nitrogen and oxygen atoms in total. The molecule has 1 aromatic heterocycles. The smallest absolute Gasteiger partial charge is 0.266 e. The molecule has 184 valence electrons. The zero-order valence-corrected chi connectivity index (χ0v) is 22.0. The minimum atomic E-state index is 0.0560. The number of nitrogens with zero attached hydrogens (tertiary/aromatic N) is 1. The van der Waals surface area contributed by atoms with Crippen LogP contribution in [0, 0.1) is 23.7 Å². The molecule has 7 heteroatoms. The summed E-state index contributed by atoms with van der Waals surface area (Å²) in [7, 11) is 3.27. The Balaban J connectivity index is 1.30. The fourth-order valence-electron chi connectivity index (χ4n) is 7.11. The topological polar surface area (TPSA) is 51.9 Å². The maximum absolute atomic E-state index is 13.7. The lowest BCUT2D eigenvalue weighted by molar-refractivity contribution is -0.130. The second kappa shape index (κ2) is 9.00. The molecule has 2 heterocycles. The summed E-state index contributed by atoms with van der Waals surface area (Å²) < 4.78 is 17.9. The fourth-order valence-corrected chi connectivity index (χ4v) is 8.42. The van der Waals surface area contributed by atoms with Crippen LogP contribution in [0.1, 0.15) is 50.4 Å². The fraction of sp³-hybridized carbons (Fsp3) is 0.500. The average Bonchev–Trinajstić information content (AvgIpc) is 3.38. The molecule has 35 heavy (non-hydrogen) atoms. The summed E-state index contributed by atoms with van der Waals surface area (Å²) >= 11 is 7.20. The van der Waals surface area contributed by atoms with Gasteiger partial charge in [-0.15, -0.1) is 0 Å². The lowest BCUT2D eigenvalue weighted by Gasteiger charge is -2.56. The van der Waals surface area contributed by atoms with E-state index < -0.39 is 0 Å². The highest BCUT2D eigenvalue weighted by atomic mass is 32.2. The number of furan rings is 1. The van der Waals surface area contributed by atoms with Crippen molar-refractivity contribution < 1.29 is 18.7 Å². The second-order valence-electron chi connectivity index (χ2n) is 10.4. The number of carbonyl (C=O) groups is 1. The maximum atomic E-state index is 13.7. The zero-order valence-electron chi connectivity index (χ0n) is 20.4. The van der Waals surface area contributed by atoms with E-state index >= 15 is 0 Å². The van der Waals surface area contributed by atoms with Gasteiger partial charge < -0.3 is 13.9 Å². The van der Waals surface area contributed by atoms with Crippen LogP contribution in [-0.4, -0.2) is 35.4 Å². The molecule has 4 aliphatic carbocycles. The van der Waals surface area contributed by atoms with Crippen molar-refractivity contribution in [3.63, 3.8) is 0 Å². The van der Waals surface area contributed by atoms with E-state index in [1.54, 1.807) is 14.2 Å². The standard InChI is InChI=1S/C28H31NO4S2/c1-4-17-12-23(18-10-21(31-2)13-22(11-18)32-3)33-24(17)14-25-27(30)29(28(34)35-25)26-19-6-15-5-16(8-19)9-20(26)7-15/h10-16,19-20,26H,4-9H2,1-3H3. The van der Waals surface area contributed by atoms with Crippen molar-refractivity contribution in [3.05, 3.63) is 40.5 Å².